The highest BCUT2D eigenvalue weighted by molar-refractivity contribution is 7.99. The summed E-state index contributed by atoms with van der Waals surface area (Å²) in [6.45, 7) is 6.21. The van der Waals surface area contributed by atoms with Gasteiger partial charge in [-0.25, -0.2) is 4.98 Å². The van der Waals surface area contributed by atoms with Crippen LogP contribution in [-0.2, 0) is 23.2 Å². The van der Waals surface area contributed by atoms with Gasteiger partial charge in [-0.2, -0.15) is 0 Å². The minimum atomic E-state index is -0.152. The van der Waals surface area contributed by atoms with E-state index in [1.807, 2.05) is 37.3 Å². The highest BCUT2D eigenvalue weighted by atomic mass is 32.2. The van der Waals surface area contributed by atoms with Crippen molar-refractivity contribution < 1.29 is 4.79 Å². The maximum absolute atomic E-state index is 14.0. The number of carbonyl (C=O) groups is 1. The zero-order chi connectivity index (χ0) is 24.4. The summed E-state index contributed by atoms with van der Waals surface area (Å²) in [5, 5.41) is 3.54. The quantitative estimate of drug-likeness (QED) is 0.268. The lowest BCUT2D eigenvalue weighted by Crippen LogP contribution is -2.43. The van der Waals surface area contributed by atoms with E-state index in [4.69, 9.17) is 4.98 Å². The van der Waals surface area contributed by atoms with Gasteiger partial charge in [-0.05, 0) is 43.4 Å². The third kappa shape index (κ3) is 4.47. The number of benzene rings is 2. The van der Waals surface area contributed by atoms with E-state index in [0.717, 1.165) is 60.2 Å². The van der Waals surface area contributed by atoms with Gasteiger partial charge in [0.15, 0.2) is 5.16 Å². The molecule has 5 rings (SSSR count). The number of nitrogens with one attached hydrogen (secondary N) is 1. The molecule has 35 heavy (non-hydrogen) atoms. The molecule has 0 aliphatic heterocycles. The standard InChI is InChI=1S/C29H31N3O2S/c1-3-17-32-27(34)25-26(22-13-7-6-12-21(22)18-29(25)15-9-4-10-16-29)31-28(32)35-19-24(33)30-23-14-8-5-11-20(23)2/h3,5-8,11-14H,1,4,9-10,15-19H2,2H3,(H,30,33). The first kappa shape index (κ1) is 23.6. The molecule has 1 amide bonds. The van der Waals surface area contributed by atoms with Crippen LogP contribution in [-0.4, -0.2) is 21.2 Å². The molecule has 180 valence electrons. The Morgan fingerprint density at radius 1 is 1.14 bits per heavy atom. The van der Waals surface area contributed by atoms with E-state index in [9.17, 15) is 9.59 Å². The van der Waals surface area contributed by atoms with Gasteiger partial charge >= 0.3 is 0 Å². The number of aryl methyl sites for hydroxylation is 1. The van der Waals surface area contributed by atoms with Gasteiger partial charge in [0.1, 0.15) is 0 Å². The number of amides is 1. The van der Waals surface area contributed by atoms with Crippen LogP contribution in [0.4, 0.5) is 5.69 Å². The van der Waals surface area contributed by atoms with Gasteiger partial charge in [-0.1, -0.05) is 79.6 Å². The number of nitrogens with zero attached hydrogens (tertiary/aromatic N) is 2. The summed E-state index contributed by atoms with van der Waals surface area (Å²) < 4.78 is 1.71. The largest absolute Gasteiger partial charge is 0.325 e. The first-order valence-corrected chi connectivity index (χ1v) is 13.3. The Balaban J connectivity index is 1.54. The van der Waals surface area contributed by atoms with Crippen molar-refractivity contribution in [2.24, 2.45) is 0 Å². The number of fused-ring (bicyclic) bond motifs is 4. The summed E-state index contributed by atoms with van der Waals surface area (Å²) >= 11 is 1.31. The van der Waals surface area contributed by atoms with Crippen LogP contribution in [0.25, 0.3) is 11.3 Å². The number of carbonyl (C=O) groups excluding carboxylic acids is 1. The Hall–Kier alpha value is -3.12. The van der Waals surface area contributed by atoms with Crippen LogP contribution < -0.4 is 10.9 Å². The van der Waals surface area contributed by atoms with E-state index in [0.29, 0.717) is 11.7 Å². The van der Waals surface area contributed by atoms with Gasteiger partial charge in [0, 0.05) is 23.2 Å². The molecule has 0 bridgehead atoms. The molecule has 0 radical (unpaired) electrons. The summed E-state index contributed by atoms with van der Waals surface area (Å²) in [7, 11) is 0. The lowest BCUT2D eigenvalue weighted by molar-refractivity contribution is -0.113. The van der Waals surface area contributed by atoms with Crippen LogP contribution in [0.15, 0.2) is 71.1 Å². The Morgan fingerprint density at radius 2 is 1.89 bits per heavy atom. The van der Waals surface area contributed by atoms with Crippen molar-refractivity contribution in [2.45, 2.75) is 62.6 Å². The molecule has 1 fully saturated rings. The molecule has 5 nitrogen and oxygen atoms in total. The number of aromatic nitrogens is 2. The van der Waals surface area contributed by atoms with Crippen molar-refractivity contribution in [3.63, 3.8) is 0 Å². The molecule has 3 aromatic rings. The van der Waals surface area contributed by atoms with Crippen LogP contribution >= 0.6 is 11.8 Å². The maximum Gasteiger partial charge on any atom is 0.258 e. The Bertz CT molecular complexity index is 1340. The number of allylic oxidation sites excluding steroid dienone is 1. The van der Waals surface area contributed by atoms with Gasteiger partial charge in [0.05, 0.1) is 17.0 Å². The smallest absolute Gasteiger partial charge is 0.258 e. The highest BCUT2D eigenvalue weighted by Crippen LogP contribution is 2.48. The van der Waals surface area contributed by atoms with Crippen molar-refractivity contribution in [3.8, 4) is 11.3 Å². The van der Waals surface area contributed by atoms with E-state index in [1.54, 1.807) is 10.6 Å². The molecule has 6 heteroatoms. The third-order valence-electron chi connectivity index (χ3n) is 7.34. The molecule has 2 aliphatic rings. The third-order valence-corrected chi connectivity index (χ3v) is 8.32. The highest BCUT2D eigenvalue weighted by Gasteiger charge is 2.43. The molecule has 0 saturated heterocycles. The Morgan fingerprint density at radius 3 is 2.66 bits per heavy atom. The van der Waals surface area contributed by atoms with Gasteiger partial charge in [-0.3, -0.25) is 14.2 Å². The summed E-state index contributed by atoms with van der Waals surface area (Å²) in [5.41, 5.74) is 5.67. The summed E-state index contributed by atoms with van der Waals surface area (Å²) in [4.78, 5) is 31.9. The molecule has 0 atom stereocenters. The lowest BCUT2D eigenvalue weighted by atomic mass is 9.62. The molecular formula is C29H31N3O2S. The summed E-state index contributed by atoms with van der Waals surface area (Å²) in [6.07, 6.45) is 8.16. The fourth-order valence-electron chi connectivity index (χ4n) is 5.65. The van der Waals surface area contributed by atoms with Crippen molar-refractivity contribution in [2.75, 3.05) is 11.1 Å². The monoisotopic (exact) mass is 485 g/mol. The van der Waals surface area contributed by atoms with E-state index < -0.39 is 0 Å². The van der Waals surface area contributed by atoms with Crippen LogP contribution in [0.5, 0.6) is 0 Å². The average Bonchev–Trinajstić information content (AvgIpc) is 2.86. The fraction of sp³-hybridized carbons (Fsp3) is 0.345. The van der Waals surface area contributed by atoms with E-state index in [-0.39, 0.29) is 22.6 Å². The first-order valence-electron chi connectivity index (χ1n) is 12.4. The van der Waals surface area contributed by atoms with Gasteiger partial charge in [0.25, 0.3) is 5.56 Å². The zero-order valence-corrected chi connectivity index (χ0v) is 21.0. The number of para-hydroxylation sites is 1. The van der Waals surface area contributed by atoms with Crippen molar-refractivity contribution in [1.29, 1.82) is 0 Å². The Labute approximate surface area is 210 Å². The van der Waals surface area contributed by atoms with Crippen molar-refractivity contribution in [3.05, 3.63) is 88.2 Å². The van der Waals surface area contributed by atoms with E-state index >= 15 is 0 Å². The minimum absolute atomic E-state index is 0.0214. The normalized spacial score (nSPS) is 15.8. The topological polar surface area (TPSA) is 64.0 Å². The number of hydrogen-bond acceptors (Lipinski definition) is 4. The molecule has 1 heterocycles. The molecule has 2 aromatic carbocycles. The predicted octanol–water partition coefficient (Wildman–Crippen LogP) is 5.89. The molecule has 0 unspecified atom stereocenters. The molecule has 2 aliphatic carbocycles. The maximum atomic E-state index is 14.0. The number of rotatable bonds is 6. The lowest BCUT2D eigenvalue weighted by Gasteiger charge is -2.42. The molecular weight excluding hydrogens is 454 g/mol. The SMILES string of the molecule is C=CCn1c(SCC(=O)Nc2ccccc2C)nc2c(c1=O)C1(CCCCC1)Cc1ccccc1-2. The summed E-state index contributed by atoms with van der Waals surface area (Å²) in [5.74, 6) is 0.0503. The Kier molecular flexibility index (Phi) is 6.65. The van der Waals surface area contributed by atoms with Gasteiger partial charge < -0.3 is 5.32 Å². The average molecular weight is 486 g/mol. The van der Waals surface area contributed by atoms with Crippen LogP contribution in [0.2, 0.25) is 0 Å². The van der Waals surface area contributed by atoms with Crippen LogP contribution in [0.3, 0.4) is 0 Å². The van der Waals surface area contributed by atoms with Crippen molar-refractivity contribution >= 4 is 23.4 Å². The molecule has 1 saturated carbocycles. The second-order valence-electron chi connectivity index (χ2n) is 9.65. The van der Waals surface area contributed by atoms with Crippen LogP contribution in [0, 0.1) is 6.92 Å². The van der Waals surface area contributed by atoms with Crippen molar-refractivity contribution in [1.82, 2.24) is 9.55 Å². The van der Waals surface area contributed by atoms with E-state index in [1.165, 1.54) is 23.7 Å². The number of thioether (sulfide) groups is 1. The second kappa shape index (κ2) is 9.86. The molecule has 1 spiro atoms. The second-order valence-corrected chi connectivity index (χ2v) is 10.6. The van der Waals surface area contributed by atoms with E-state index in [2.05, 4.69) is 30.1 Å². The molecule has 1 N–H and O–H groups in total. The molecule has 1 aromatic heterocycles. The van der Waals surface area contributed by atoms with Gasteiger partial charge in [-0.15, -0.1) is 6.58 Å². The predicted molar refractivity (Wildman–Crippen MR) is 143 cm³/mol. The minimum Gasteiger partial charge on any atom is -0.325 e. The summed E-state index contributed by atoms with van der Waals surface area (Å²) in [6, 6.07) is 16.0. The number of anilines is 1. The van der Waals surface area contributed by atoms with Gasteiger partial charge in [0.2, 0.25) is 5.91 Å². The first-order chi connectivity index (χ1) is 17.0. The zero-order valence-electron chi connectivity index (χ0n) is 20.2. The fourth-order valence-corrected chi connectivity index (χ4v) is 6.45. The van der Waals surface area contributed by atoms with Crippen LogP contribution in [0.1, 0.15) is 48.8 Å². The number of hydrogen-bond donors (Lipinski definition) is 1.